The Balaban J connectivity index is 2.74. The summed E-state index contributed by atoms with van der Waals surface area (Å²) in [5.41, 5.74) is 0.140. The highest BCUT2D eigenvalue weighted by Crippen LogP contribution is 2.00. The van der Waals surface area contributed by atoms with E-state index in [0.29, 0.717) is 0 Å². The molecule has 0 aromatic carbocycles. The fourth-order valence-electron chi connectivity index (χ4n) is 1.31. The van der Waals surface area contributed by atoms with Crippen LogP contribution >= 0.6 is 0 Å². The number of carbonyl (C=O) groups excluding carboxylic acids is 3. The number of pyridine rings is 1. The summed E-state index contributed by atoms with van der Waals surface area (Å²) in [6.45, 7) is 0. The van der Waals surface area contributed by atoms with Crippen molar-refractivity contribution in [3.63, 3.8) is 0 Å². The molecule has 1 atom stereocenters. The van der Waals surface area contributed by atoms with Crippen LogP contribution in [0.2, 0.25) is 0 Å². The van der Waals surface area contributed by atoms with Gasteiger partial charge in [-0.2, -0.15) is 0 Å². The third-order valence-corrected chi connectivity index (χ3v) is 2.29. The second kappa shape index (κ2) is 7.10. The number of rotatable bonds is 5. The van der Waals surface area contributed by atoms with E-state index in [1.165, 1.54) is 26.5 Å². The summed E-state index contributed by atoms with van der Waals surface area (Å²) >= 11 is 0. The van der Waals surface area contributed by atoms with Crippen molar-refractivity contribution < 1.29 is 23.9 Å². The average Bonchev–Trinajstić information content (AvgIpc) is 2.46. The molecule has 0 aliphatic rings. The first kappa shape index (κ1) is 14.6. The molecule has 19 heavy (non-hydrogen) atoms. The zero-order valence-corrected chi connectivity index (χ0v) is 10.6. The summed E-state index contributed by atoms with van der Waals surface area (Å²) in [4.78, 5) is 38.3. The fraction of sp³-hybridized carbons (Fsp3) is 0.333. The normalized spacial score (nSPS) is 11.3. The Morgan fingerprint density at radius 1 is 1.26 bits per heavy atom. The molecule has 7 heteroatoms. The van der Waals surface area contributed by atoms with Crippen LogP contribution in [0.25, 0.3) is 0 Å². The maximum atomic E-state index is 11.8. The molecule has 1 N–H and O–H groups in total. The van der Waals surface area contributed by atoms with Gasteiger partial charge < -0.3 is 14.8 Å². The van der Waals surface area contributed by atoms with E-state index in [-0.39, 0.29) is 12.1 Å². The van der Waals surface area contributed by atoms with Crippen LogP contribution in [0.4, 0.5) is 0 Å². The van der Waals surface area contributed by atoms with Gasteiger partial charge >= 0.3 is 11.9 Å². The van der Waals surface area contributed by atoms with Crippen LogP contribution in [0.3, 0.4) is 0 Å². The van der Waals surface area contributed by atoms with Gasteiger partial charge in [0, 0.05) is 6.20 Å². The lowest BCUT2D eigenvalue weighted by atomic mass is 10.2. The summed E-state index contributed by atoms with van der Waals surface area (Å²) in [5.74, 6) is -1.92. The van der Waals surface area contributed by atoms with Crippen molar-refractivity contribution in [2.45, 2.75) is 12.5 Å². The number of ether oxygens (including phenoxy) is 2. The zero-order chi connectivity index (χ0) is 14.3. The largest absolute Gasteiger partial charge is 0.469 e. The first-order valence-corrected chi connectivity index (χ1v) is 5.45. The topological polar surface area (TPSA) is 94.6 Å². The minimum atomic E-state index is -1.10. The van der Waals surface area contributed by atoms with Crippen LogP contribution in [0.5, 0.6) is 0 Å². The maximum absolute atomic E-state index is 11.8. The van der Waals surface area contributed by atoms with Gasteiger partial charge in [0.15, 0.2) is 0 Å². The molecule has 1 aromatic rings. The number of carbonyl (C=O) groups is 3. The van der Waals surface area contributed by atoms with E-state index in [2.05, 4.69) is 19.8 Å². The summed E-state index contributed by atoms with van der Waals surface area (Å²) in [6, 6.07) is 3.67. The van der Waals surface area contributed by atoms with Crippen LogP contribution in [-0.2, 0) is 19.1 Å². The van der Waals surface area contributed by atoms with Crippen LogP contribution in [0.15, 0.2) is 24.4 Å². The van der Waals surface area contributed by atoms with Crippen molar-refractivity contribution in [2.24, 2.45) is 0 Å². The number of aromatic nitrogens is 1. The van der Waals surface area contributed by atoms with Crippen molar-refractivity contribution in [3.05, 3.63) is 30.1 Å². The molecule has 0 fully saturated rings. The molecule has 102 valence electrons. The van der Waals surface area contributed by atoms with Gasteiger partial charge in [-0.1, -0.05) is 6.07 Å². The molecule has 1 amide bonds. The molecular weight excluding hydrogens is 252 g/mol. The number of hydrogen-bond donors (Lipinski definition) is 1. The quantitative estimate of drug-likeness (QED) is 0.749. The summed E-state index contributed by atoms with van der Waals surface area (Å²) in [6.07, 6.45) is 1.14. The lowest BCUT2D eigenvalue weighted by Crippen LogP contribution is -2.43. The Morgan fingerprint density at radius 3 is 2.53 bits per heavy atom. The molecule has 0 saturated carbocycles. The zero-order valence-electron chi connectivity index (χ0n) is 10.6. The lowest BCUT2D eigenvalue weighted by molar-refractivity contribution is -0.149. The predicted octanol–water partition coefficient (Wildman–Crippen LogP) is -0.0839. The Kier molecular flexibility index (Phi) is 5.46. The van der Waals surface area contributed by atoms with Gasteiger partial charge in [0.2, 0.25) is 0 Å². The smallest absolute Gasteiger partial charge is 0.328 e. The summed E-state index contributed by atoms with van der Waals surface area (Å²) < 4.78 is 8.96. The average molecular weight is 266 g/mol. The van der Waals surface area contributed by atoms with Gasteiger partial charge in [0.05, 0.1) is 20.6 Å². The predicted molar refractivity (Wildman–Crippen MR) is 64.1 cm³/mol. The molecule has 1 rings (SSSR count). The van der Waals surface area contributed by atoms with E-state index in [9.17, 15) is 14.4 Å². The molecule has 0 aliphatic carbocycles. The van der Waals surface area contributed by atoms with Gasteiger partial charge in [-0.15, -0.1) is 0 Å². The Morgan fingerprint density at radius 2 is 2.00 bits per heavy atom. The van der Waals surface area contributed by atoms with Crippen molar-refractivity contribution in [3.8, 4) is 0 Å². The molecule has 0 aliphatic heterocycles. The molecular formula is C12H14N2O5. The molecule has 7 nitrogen and oxygen atoms in total. The Bertz CT molecular complexity index is 460. The van der Waals surface area contributed by atoms with Crippen LogP contribution in [0, 0.1) is 0 Å². The highest BCUT2D eigenvalue weighted by atomic mass is 16.5. The number of amides is 1. The second-order valence-corrected chi connectivity index (χ2v) is 3.54. The molecule has 0 radical (unpaired) electrons. The van der Waals surface area contributed by atoms with E-state index in [1.54, 1.807) is 12.1 Å². The minimum Gasteiger partial charge on any atom is -0.469 e. The molecule has 0 bridgehead atoms. The fourth-order valence-corrected chi connectivity index (χ4v) is 1.31. The summed E-state index contributed by atoms with van der Waals surface area (Å²) in [7, 11) is 2.36. The molecule has 0 unspecified atom stereocenters. The van der Waals surface area contributed by atoms with Crippen molar-refractivity contribution in [1.29, 1.82) is 0 Å². The van der Waals surface area contributed by atoms with Crippen LogP contribution in [-0.4, -0.2) is 43.1 Å². The molecule has 1 heterocycles. The van der Waals surface area contributed by atoms with E-state index in [1.807, 2.05) is 0 Å². The van der Waals surface area contributed by atoms with Crippen molar-refractivity contribution in [1.82, 2.24) is 10.3 Å². The lowest BCUT2D eigenvalue weighted by Gasteiger charge is -2.14. The number of methoxy groups -OCH3 is 2. The number of nitrogens with one attached hydrogen (secondary N) is 1. The van der Waals surface area contributed by atoms with Gasteiger partial charge in [0.25, 0.3) is 5.91 Å². The number of nitrogens with zero attached hydrogens (tertiary/aromatic N) is 1. The third-order valence-electron chi connectivity index (χ3n) is 2.29. The highest BCUT2D eigenvalue weighted by molar-refractivity contribution is 5.96. The minimum absolute atomic E-state index is 0.140. The van der Waals surface area contributed by atoms with Crippen molar-refractivity contribution in [2.75, 3.05) is 14.2 Å². The van der Waals surface area contributed by atoms with E-state index < -0.39 is 23.9 Å². The second-order valence-electron chi connectivity index (χ2n) is 3.54. The van der Waals surface area contributed by atoms with Crippen LogP contribution < -0.4 is 5.32 Å². The first-order valence-electron chi connectivity index (χ1n) is 5.45. The van der Waals surface area contributed by atoms with Crippen LogP contribution in [0.1, 0.15) is 16.9 Å². The standard InChI is InChI=1S/C12H14N2O5/c1-18-10(15)7-9(12(17)19-2)14-11(16)8-5-3-4-6-13-8/h3-6,9H,7H2,1-2H3,(H,14,16)/t9-/m1/s1. The van der Waals surface area contributed by atoms with Crippen molar-refractivity contribution >= 4 is 17.8 Å². The van der Waals surface area contributed by atoms with Gasteiger partial charge in [-0.05, 0) is 12.1 Å². The SMILES string of the molecule is COC(=O)C[C@@H](NC(=O)c1ccccn1)C(=O)OC. The van der Waals surface area contributed by atoms with Gasteiger partial charge in [-0.3, -0.25) is 14.6 Å². The molecule has 1 aromatic heterocycles. The third kappa shape index (κ3) is 4.38. The maximum Gasteiger partial charge on any atom is 0.328 e. The van der Waals surface area contributed by atoms with E-state index in [0.717, 1.165) is 0 Å². The monoisotopic (exact) mass is 266 g/mol. The first-order chi connectivity index (χ1) is 9.08. The number of esters is 2. The van der Waals surface area contributed by atoms with E-state index >= 15 is 0 Å². The highest BCUT2D eigenvalue weighted by Gasteiger charge is 2.25. The Labute approximate surface area is 109 Å². The summed E-state index contributed by atoms with van der Waals surface area (Å²) in [5, 5.41) is 2.37. The molecule has 0 spiro atoms. The Hall–Kier alpha value is -2.44. The number of hydrogen-bond acceptors (Lipinski definition) is 6. The van der Waals surface area contributed by atoms with Gasteiger partial charge in [-0.25, -0.2) is 4.79 Å². The molecule has 0 saturated heterocycles. The van der Waals surface area contributed by atoms with E-state index in [4.69, 9.17) is 0 Å². The van der Waals surface area contributed by atoms with Gasteiger partial charge in [0.1, 0.15) is 11.7 Å².